The maximum atomic E-state index is 12.6. The summed E-state index contributed by atoms with van der Waals surface area (Å²) < 4.78 is 35.6. The number of carboxylic acid groups (broad SMARTS) is 1. The van der Waals surface area contributed by atoms with E-state index in [0.29, 0.717) is 4.88 Å². The highest BCUT2D eigenvalue weighted by Gasteiger charge is 2.38. The summed E-state index contributed by atoms with van der Waals surface area (Å²) in [6.07, 6.45) is -1.13. The molecule has 1 aromatic rings. The Morgan fingerprint density at radius 1 is 1.44 bits per heavy atom. The zero-order valence-corrected chi connectivity index (χ0v) is 14.7. The molecule has 0 aromatic carbocycles. The van der Waals surface area contributed by atoms with Crippen molar-refractivity contribution in [3.63, 3.8) is 0 Å². The Bertz CT molecular complexity index is 592. The highest BCUT2D eigenvalue weighted by atomic mass is 32.1. The third-order valence-corrected chi connectivity index (χ3v) is 4.50. The van der Waals surface area contributed by atoms with Gasteiger partial charge in [0.1, 0.15) is 4.88 Å². The molecule has 142 valence electrons. The predicted octanol–water partition coefficient (Wildman–Crippen LogP) is 2.08. The number of aromatic nitrogens is 2. The Labute approximate surface area is 147 Å². The molecule has 0 saturated carbocycles. The number of nitrogens with zero attached hydrogens (tertiary/aromatic N) is 3. The SMILES string of the molecule is CCc1nnsc1C(=O)N1CCCCC1C(C)N.O=C(O)C(F)(F)F. The van der Waals surface area contributed by atoms with Crippen LogP contribution in [0, 0.1) is 0 Å². The van der Waals surface area contributed by atoms with Gasteiger partial charge in [-0.1, -0.05) is 11.4 Å². The summed E-state index contributed by atoms with van der Waals surface area (Å²) in [4.78, 5) is 24.1. The third-order valence-electron chi connectivity index (χ3n) is 3.74. The van der Waals surface area contributed by atoms with Crippen molar-refractivity contribution in [1.29, 1.82) is 0 Å². The number of carbonyl (C=O) groups is 2. The smallest absolute Gasteiger partial charge is 0.475 e. The summed E-state index contributed by atoms with van der Waals surface area (Å²) in [5.41, 5.74) is 6.80. The molecule has 1 amide bonds. The number of nitrogens with two attached hydrogens (primary N) is 1. The molecule has 0 bridgehead atoms. The van der Waals surface area contributed by atoms with Crippen LogP contribution in [-0.4, -0.2) is 56.3 Å². The molecule has 2 heterocycles. The van der Waals surface area contributed by atoms with Gasteiger partial charge in [0.2, 0.25) is 0 Å². The van der Waals surface area contributed by atoms with Crippen LogP contribution in [-0.2, 0) is 11.2 Å². The standard InChI is InChI=1S/C12H20N4OS.C2HF3O2/c1-3-9-11(18-15-14-9)12(17)16-7-5-4-6-10(16)8(2)13;3-2(4,5)1(6)7/h8,10H,3-7,13H2,1-2H3;(H,6,7). The Balaban J connectivity index is 0.000000381. The van der Waals surface area contributed by atoms with E-state index in [2.05, 4.69) is 9.59 Å². The van der Waals surface area contributed by atoms with Crippen LogP contribution >= 0.6 is 11.5 Å². The molecule has 11 heteroatoms. The van der Waals surface area contributed by atoms with Crippen molar-refractivity contribution < 1.29 is 27.9 Å². The number of halogens is 3. The van der Waals surface area contributed by atoms with Crippen LogP contribution in [0.5, 0.6) is 0 Å². The Hall–Kier alpha value is -1.75. The van der Waals surface area contributed by atoms with Gasteiger partial charge in [-0.05, 0) is 44.1 Å². The Morgan fingerprint density at radius 2 is 2.04 bits per heavy atom. The van der Waals surface area contributed by atoms with Crippen LogP contribution in [0.3, 0.4) is 0 Å². The molecular formula is C14H21F3N4O3S. The van der Waals surface area contributed by atoms with Crippen LogP contribution in [0.4, 0.5) is 13.2 Å². The van der Waals surface area contributed by atoms with Gasteiger partial charge >= 0.3 is 12.1 Å². The molecule has 1 aromatic heterocycles. The van der Waals surface area contributed by atoms with E-state index in [1.807, 2.05) is 18.7 Å². The molecule has 2 rings (SSSR count). The fourth-order valence-corrected chi connectivity index (χ4v) is 3.20. The third kappa shape index (κ3) is 5.92. The highest BCUT2D eigenvalue weighted by Crippen LogP contribution is 2.23. The number of hydrogen-bond acceptors (Lipinski definition) is 6. The van der Waals surface area contributed by atoms with Gasteiger partial charge in [-0.15, -0.1) is 5.10 Å². The van der Waals surface area contributed by atoms with Crippen molar-refractivity contribution in [3.05, 3.63) is 10.6 Å². The summed E-state index contributed by atoms with van der Waals surface area (Å²) in [5, 5.41) is 11.1. The summed E-state index contributed by atoms with van der Waals surface area (Å²) in [5.74, 6) is -2.70. The van der Waals surface area contributed by atoms with Crippen molar-refractivity contribution in [2.24, 2.45) is 5.73 Å². The lowest BCUT2D eigenvalue weighted by Crippen LogP contribution is -2.51. The first-order valence-electron chi connectivity index (χ1n) is 7.77. The quantitative estimate of drug-likeness (QED) is 0.828. The Morgan fingerprint density at radius 3 is 2.52 bits per heavy atom. The van der Waals surface area contributed by atoms with Crippen molar-refractivity contribution >= 4 is 23.4 Å². The van der Waals surface area contributed by atoms with E-state index >= 15 is 0 Å². The molecular weight excluding hydrogens is 361 g/mol. The molecule has 2 atom stereocenters. The summed E-state index contributed by atoms with van der Waals surface area (Å²) in [6, 6.07) is 0.165. The normalized spacial score (nSPS) is 19.0. The molecule has 0 radical (unpaired) electrons. The van der Waals surface area contributed by atoms with E-state index in [4.69, 9.17) is 15.6 Å². The maximum absolute atomic E-state index is 12.6. The molecule has 3 N–H and O–H groups in total. The molecule has 1 aliphatic rings. The summed E-state index contributed by atoms with van der Waals surface area (Å²) in [7, 11) is 0. The maximum Gasteiger partial charge on any atom is 0.490 e. The minimum Gasteiger partial charge on any atom is -0.475 e. The number of likely N-dealkylation sites (tertiary alicyclic amines) is 1. The number of rotatable bonds is 3. The zero-order chi connectivity index (χ0) is 19.2. The molecule has 7 nitrogen and oxygen atoms in total. The van der Waals surface area contributed by atoms with Crippen LogP contribution in [0.15, 0.2) is 0 Å². The second-order valence-corrected chi connectivity index (χ2v) is 6.38. The lowest BCUT2D eigenvalue weighted by molar-refractivity contribution is -0.192. The monoisotopic (exact) mass is 382 g/mol. The number of piperidine rings is 1. The van der Waals surface area contributed by atoms with Crippen molar-refractivity contribution in [1.82, 2.24) is 14.5 Å². The van der Waals surface area contributed by atoms with Gasteiger partial charge in [-0.3, -0.25) is 4.79 Å². The average molecular weight is 382 g/mol. The number of aliphatic carboxylic acids is 1. The topological polar surface area (TPSA) is 109 Å². The van der Waals surface area contributed by atoms with Gasteiger partial charge in [0, 0.05) is 18.6 Å². The van der Waals surface area contributed by atoms with Crippen LogP contribution in [0.2, 0.25) is 0 Å². The van der Waals surface area contributed by atoms with Gasteiger partial charge in [0.25, 0.3) is 5.91 Å². The fourth-order valence-electron chi connectivity index (χ4n) is 2.49. The van der Waals surface area contributed by atoms with Gasteiger partial charge in [0.15, 0.2) is 0 Å². The number of amides is 1. The minimum atomic E-state index is -5.08. The van der Waals surface area contributed by atoms with Crippen LogP contribution < -0.4 is 5.73 Å². The number of carboxylic acids is 1. The van der Waals surface area contributed by atoms with Crippen LogP contribution in [0.1, 0.15) is 48.5 Å². The van der Waals surface area contributed by atoms with E-state index in [1.54, 1.807) is 0 Å². The molecule has 25 heavy (non-hydrogen) atoms. The first kappa shape index (κ1) is 21.3. The molecule has 1 fully saturated rings. The lowest BCUT2D eigenvalue weighted by atomic mass is 9.96. The zero-order valence-electron chi connectivity index (χ0n) is 13.9. The largest absolute Gasteiger partial charge is 0.490 e. The number of alkyl halides is 3. The molecule has 1 saturated heterocycles. The van der Waals surface area contributed by atoms with Gasteiger partial charge in [0.05, 0.1) is 5.69 Å². The second kappa shape index (κ2) is 9.09. The minimum absolute atomic E-state index is 0.0141. The van der Waals surface area contributed by atoms with Gasteiger partial charge in [-0.2, -0.15) is 13.2 Å². The van der Waals surface area contributed by atoms with Gasteiger partial charge < -0.3 is 15.7 Å². The summed E-state index contributed by atoms with van der Waals surface area (Å²) >= 11 is 1.20. The predicted molar refractivity (Wildman–Crippen MR) is 85.3 cm³/mol. The van der Waals surface area contributed by atoms with Crippen molar-refractivity contribution in [2.45, 2.75) is 57.8 Å². The van der Waals surface area contributed by atoms with E-state index in [1.165, 1.54) is 11.5 Å². The average Bonchev–Trinajstić information content (AvgIpc) is 3.02. The van der Waals surface area contributed by atoms with E-state index in [-0.39, 0.29) is 18.0 Å². The van der Waals surface area contributed by atoms with Crippen molar-refractivity contribution in [3.8, 4) is 0 Å². The second-order valence-electron chi connectivity index (χ2n) is 5.63. The van der Waals surface area contributed by atoms with Gasteiger partial charge in [-0.25, -0.2) is 4.79 Å². The first-order valence-corrected chi connectivity index (χ1v) is 8.54. The van der Waals surface area contributed by atoms with Crippen LogP contribution in [0.25, 0.3) is 0 Å². The van der Waals surface area contributed by atoms with Crippen molar-refractivity contribution in [2.75, 3.05) is 6.54 Å². The highest BCUT2D eigenvalue weighted by molar-refractivity contribution is 7.08. The Kier molecular flexibility index (Phi) is 7.74. The lowest BCUT2D eigenvalue weighted by Gasteiger charge is -2.37. The fraction of sp³-hybridized carbons (Fsp3) is 0.714. The number of aryl methyl sites for hydroxylation is 1. The molecule has 2 unspecified atom stereocenters. The first-order chi connectivity index (χ1) is 11.6. The number of carbonyl (C=O) groups excluding carboxylic acids is 1. The van der Waals surface area contributed by atoms with E-state index < -0.39 is 12.1 Å². The molecule has 0 spiro atoms. The summed E-state index contributed by atoms with van der Waals surface area (Å²) in [6.45, 7) is 4.76. The molecule has 0 aliphatic carbocycles. The molecule has 1 aliphatic heterocycles. The van der Waals surface area contributed by atoms with E-state index in [0.717, 1.165) is 37.9 Å². The van der Waals surface area contributed by atoms with E-state index in [9.17, 15) is 18.0 Å². The number of hydrogen-bond donors (Lipinski definition) is 2.